The molecule has 0 unspecified atom stereocenters. The average molecular weight is 544 g/mol. The van der Waals surface area contributed by atoms with E-state index in [0.717, 1.165) is 29.2 Å². The Morgan fingerprint density at radius 2 is 1.89 bits per heavy atom. The molecule has 2 heterocycles. The minimum absolute atomic E-state index is 0.0839. The molecule has 1 N–H and O–H groups in total. The Hall–Kier alpha value is -4.33. The van der Waals surface area contributed by atoms with E-state index in [0.29, 0.717) is 21.4 Å². The van der Waals surface area contributed by atoms with Crippen molar-refractivity contribution in [2.75, 3.05) is 18.1 Å². The lowest BCUT2D eigenvalue weighted by Gasteiger charge is -2.17. The summed E-state index contributed by atoms with van der Waals surface area (Å²) < 4.78 is 64.9. The van der Waals surface area contributed by atoms with E-state index in [-0.39, 0.29) is 24.4 Å². The molecule has 10 nitrogen and oxygen atoms in total. The van der Waals surface area contributed by atoms with Gasteiger partial charge >= 0.3 is 24.1 Å². The first-order valence-corrected chi connectivity index (χ1v) is 10.6. The van der Waals surface area contributed by atoms with Gasteiger partial charge in [-0.25, -0.2) is 18.8 Å². The van der Waals surface area contributed by atoms with Gasteiger partial charge in [-0.1, -0.05) is 23.7 Å². The predicted octanol–water partition coefficient (Wildman–Crippen LogP) is 3.87. The number of amides is 1. The fourth-order valence-electron chi connectivity index (χ4n) is 3.63. The number of hydrogen-bond donors (Lipinski definition) is 1. The number of aromatic nitrogens is 2. The van der Waals surface area contributed by atoms with Crippen molar-refractivity contribution in [1.82, 2.24) is 9.13 Å². The van der Waals surface area contributed by atoms with Gasteiger partial charge in [-0.15, -0.1) is 0 Å². The largest absolute Gasteiger partial charge is 0.511 e. The molecule has 1 amide bonds. The van der Waals surface area contributed by atoms with E-state index in [9.17, 15) is 32.3 Å². The molecule has 0 bridgehead atoms. The van der Waals surface area contributed by atoms with Crippen molar-refractivity contribution in [2.24, 2.45) is 0 Å². The van der Waals surface area contributed by atoms with Crippen LogP contribution in [0.1, 0.15) is 11.1 Å². The Labute approximate surface area is 208 Å². The van der Waals surface area contributed by atoms with Crippen molar-refractivity contribution < 1.29 is 41.7 Å². The zero-order chi connectivity index (χ0) is 27.1. The minimum Gasteiger partial charge on any atom is -0.449 e. The standard InChI is InChI=1S/C22H14ClF4N3O7/c23-17-11(2-1-3-13(17)22(25,26)27)9-30-18(31)16(37-21(34)35)10-29(19(30)32)15-5-4-12(8-14(15)24)28-6-7-36-20(28)33/h1-5,8,10H,6-7,9H2,(H,34,35). The first-order chi connectivity index (χ1) is 17.4. The van der Waals surface area contributed by atoms with Crippen LogP contribution in [0, 0.1) is 5.82 Å². The summed E-state index contributed by atoms with van der Waals surface area (Å²) >= 11 is 5.87. The lowest BCUT2D eigenvalue weighted by Crippen LogP contribution is -2.40. The van der Waals surface area contributed by atoms with Crippen LogP contribution in [0.5, 0.6) is 5.75 Å². The highest BCUT2D eigenvalue weighted by Crippen LogP contribution is 2.36. The summed E-state index contributed by atoms with van der Waals surface area (Å²) in [5.41, 5.74) is -4.43. The van der Waals surface area contributed by atoms with Crippen LogP contribution in [-0.4, -0.2) is 39.6 Å². The summed E-state index contributed by atoms with van der Waals surface area (Å²) in [6.45, 7) is -0.589. The fraction of sp³-hybridized carbons (Fsp3) is 0.182. The van der Waals surface area contributed by atoms with E-state index < -0.39 is 64.1 Å². The van der Waals surface area contributed by atoms with Gasteiger partial charge in [-0.05, 0) is 29.8 Å². The molecule has 0 aliphatic carbocycles. The number of carbonyl (C=O) groups excluding carboxylic acids is 1. The van der Waals surface area contributed by atoms with Gasteiger partial charge in [-0.3, -0.25) is 18.8 Å². The summed E-state index contributed by atoms with van der Waals surface area (Å²) in [7, 11) is 0. The van der Waals surface area contributed by atoms with E-state index in [2.05, 4.69) is 4.74 Å². The van der Waals surface area contributed by atoms with Gasteiger partial charge in [0.05, 0.1) is 41.2 Å². The Bertz CT molecular complexity index is 1530. The van der Waals surface area contributed by atoms with E-state index in [4.69, 9.17) is 21.4 Å². The molecule has 1 saturated heterocycles. The molecule has 0 atom stereocenters. The number of anilines is 1. The van der Waals surface area contributed by atoms with Gasteiger partial charge in [0, 0.05) is 0 Å². The van der Waals surface area contributed by atoms with Gasteiger partial charge in [0.1, 0.15) is 12.4 Å². The smallest absolute Gasteiger partial charge is 0.449 e. The fourth-order valence-corrected chi connectivity index (χ4v) is 3.92. The molecule has 1 aromatic heterocycles. The predicted molar refractivity (Wildman–Crippen MR) is 119 cm³/mol. The van der Waals surface area contributed by atoms with E-state index >= 15 is 4.39 Å². The maximum absolute atomic E-state index is 15.1. The van der Waals surface area contributed by atoms with E-state index in [1.807, 2.05) is 0 Å². The summed E-state index contributed by atoms with van der Waals surface area (Å²) in [5, 5.41) is 8.20. The quantitative estimate of drug-likeness (QED) is 0.383. The molecule has 2 aromatic carbocycles. The second-order valence-electron chi connectivity index (χ2n) is 7.58. The van der Waals surface area contributed by atoms with Gasteiger partial charge in [0.15, 0.2) is 0 Å². The lowest BCUT2D eigenvalue weighted by molar-refractivity contribution is -0.137. The van der Waals surface area contributed by atoms with Crippen molar-refractivity contribution >= 4 is 29.5 Å². The highest BCUT2D eigenvalue weighted by molar-refractivity contribution is 6.32. The third-order valence-corrected chi connectivity index (χ3v) is 5.76. The Balaban J connectivity index is 1.86. The number of carboxylic acid groups (broad SMARTS) is 1. The first-order valence-electron chi connectivity index (χ1n) is 10.2. The zero-order valence-electron chi connectivity index (χ0n) is 18.3. The number of ether oxygens (including phenoxy) is 2. The van der Waals surface area contributed by atoms with Crippen LogP contribution in [0.4, 0.5) is 32.8 Å². The van der Waals surface area contributed by atoms with Crippen molar-refractivity contribution in [3.8, 4) is 11.4 Å². The summed E-state index contributed by atoms with van der Waals surface area (Å²) in [5.74, 6) is -1.98. The molecule has 1 aliphatic rings. The molecule has 1 fully saturated rings. The third kappa shape index (κ3) is 5.00. The van der Waals surface area contributed by atoms with Crippen LogP contribution in [0.3, 0.4) is 0 Å². The average Bonchev–Trinajstić information content (AvgIpc) is 3.24. The van der Waals surface area contributed by atoms with Crippen LogP contribution < -0.4 is 20.9 Å². The Morgan fingerprint density at radius 1 is 1.16 bits per heavy atom. The number of benzene rings is 2. The number of rotatable bonds is 5. The number of nitrogens with zero attached hydrogens (tertiary/aromatic N) is 3. The molecule has 15 heteroatoms. The van der Waals surface area contributed by atoms with Crippen LogP contribution in [0.25, 0.3) is 5.69 Å². The summed E-state index contributed by atoms with van der Waals surface area (Å²) in [4.78, 5) is 49.9. The molecular weight excluding hydrogens is 530 g/mol. The number of alkyl halides is 3. The Morgan fingerprint density at radius 3 is 2.49 bits per heavy atom. The SMILES string of the molecule is O=C(O)Oc1cn(-c2ccc(N3CCOC3=O)cc2F)c(=O)n(Cc2cccc(C(F)(F)F)c2Cl)c1=O. The highest BCUT2D eigenvalue weighted by Gasteiger charge is 2.34. The van der Waals surface area contributed by atoms with Crippen LogP contribution in [-0.2, 0) is 17.5 Å². The van der Waals surface area contributed by atoms with Crippen molar-refractivity contribution in [3.63, 3.8) is 0 Å². The first kappa shape index (κ1) is 25.8. The van der Waals surface area contributed by atoms with Crippen molar-refractivity contribution in [1.29, 1.82) is 0 Å². The Kier molecular flexibility index (Phi) is 6.69. The maximum atomic E-state index is 15.1. The zero-order valence-corrected chi connectivity index (χ0v) is 19.0. The van der Waals surface area contributed by atoms with Gasteiger partial charge < -0.3 is 14.6 Å². The molecular formula is C22H14ClF4N3O7. The van der Waals surface area contributed by atoms with Crippen LogP contribution in [0.15, 0.2) is 52.2 Å². The minimum atomic E-state index is -4.83. The molecule has 3 aromatic rings. The van der Waals surface area contributed by atoms with Gasteiger partial charge in [-0.2, -0.15) is 13.2 Å². The topological polar surface area (TPSA) is 120 Å². The van der Waals surface area contributed by atoms with Crippen LogP contribution >= 0.6 is 11.6 Å². The second kappa shape index (κ2) is 9.61. The maximum Gasteiger partial charge on any atom is 0.511 e. The number of hydrogen-bond acceptors (Lipinski definition) is 6. The van der Waals surface area contributed by atoms with Gasteiger partial charge in [0.25, 0.3) is 5.56 Å². The molecule has 194 valence electrons. The van der Waals surface area contributed by atoms with Crippen molar-refractivity contribution in [2.45, 2.75) is 12.7 Å². The molecule has 4 rings (SSSR count). The normalized spacial score (nSPS) is 13.5. The van der Waals surface area contributed by atoms with E-state index in [1.165, 1.54) is 6.07 Å². The van der Waals surface area contributed by atoms with Gasteiger partial charge in [0.2, 0.25) is 5.75 Å². The molecule has 0 saturated carbocycles. The van der Waals surface area contributed by atoms with Crippen molar-refractivity contribution in [3.05, 3.63) is 85.4 Å². The number of halogens is 5. The molecule has 0 radical (unpaired) electrons. The molecule has 1 aliphatic heterocycles. The van der Waals surface area contributed by atoms with Crippen LogP contribution in [0.2, 0.25) is 5.02 Å². The van der Waals surface area contributed by atoms with E-state index in [1.54, 1.807) is 0 Å². The molecule has 0 spiro atoms. The number of cyclic esters (lactones) is 1. The third-order valence-electron chi connectivity index (χ3n) is 5.31. The molecule has 37 heavy (non-hydrogen) atoms. The lowest BCUT2D eigenvalue weighted by atomic mass is 10.1. The summed E-state index contributed by atoms with van der Waals surface area (Å²) in [6.07, 6.45) is -6.85. The second-order valence-corrected chi connectivity index (χ2v) is 7.96. The number of carbonyl (C=O) groups is 2. The monoisotopic (exact) mass is 543 g/mol. The highest BCUT2D eigenvalue weighted by atomic mass is 35.5. The summed E-state index contributed by atoms with van der Waals surface area (Å²) in [6, 6.07) is 6.09.